The summed E-state index contributed by atoms with van der Waals surface area (Å²) < 4.78 is 10.4. The smallest absolute Gasteiger partial charge is 0.193 e. The van der Waals surface area contributed by atoms with E-state index in [0.717, 1.165) is 11.3 Å². The van der Waals surface area contributed by atoms with Crippen LogP contribution < -0.4 is 20.5 Å². The Labute approximate surface area is 136 Å². The normalized spacial score (nSPS) is 11.5. The van der Waals surface area contributed by atoms with Crippen molar-refractivity contribution in [1.82, 2.24) is 0 Å². The van der Waals surface area contributed by atoms with E-state index in [1.807, 2.05) is 54.6 Å². The molecule has 120 valence electrons. The highest BCUT2D eigenvalue weighted by atomic mass is 16.5. The van der Waals surface area contributed by atoms with Gasteiger partial charge in [0.2, 0.25) is 0 Å². The molecule has 0 aliphatic rings. The first kappa shape index (κ1) is 16.4. The average Bonchev–Trinajstić information content (AvgIpc) is 2.59. The van der Waals surface area contributed by atoms with Crippen LogP contribution in [0.25, 0.3) is 6.08 Å². The molecule has 0 radical (unpaired) electrons. The minimum Gasteiger partial charge on any atom is -0.493 e. The number of guanidine groups is 1. The van der Waals surface area contributed by atoms with Crippen LogP contribution in [-0.4, -0.2) is 26.7 Å². The molecular formula is C18H21N3O2. The lowest BCUT2D eigenvalue weighted by Crippen LogP contribution is -2.22. The van der Waals surface area contributed by atoms with Gasteiger partial charge in [-0.25, -0.2) is 4.99 Å². The highest BCUT2D eigenvalue weighted by Gasteiger charge is 2.04. The van der Waals surface area contributed by atoms with E-state index in [0.29, 0.717) is 24.0 Å². The maximum atomic E-state index is 5.88. The summed E-state index contributed by atoms with van der Waals surface area (Å²) in [5, 5.41) is 3.02. The van der Waals surface area contributed by atoms with E-state index in [-0.39, 0.29) is 0 Å². The van der Waals surface area contributed by atoms with E-state index >= 15 is 0 Å². The summed E-state index contributed by atoms with van der Waals surface area (Å²) in [6, 6.07) is 15.5. The fourth-order valence-electron chi connectivity index (χ4n) is 2.01. The SMILES string of the molecule is COc1ccc(NC(N)=NCC=Cc2ccccc2)cc1OC. The Balaban J connectivity index is 1.93. The monoisotopic (exact) mass is 311 g/mol. The highest BCUT2D eigenvalue weighted by molar-refractivity contribution is 5.92. The number of nitrogens with zero attached hydrogens (tertiary/aromatic N) is 1. The van der Waals surface area contributed by atoms with Gasteiger partial charge in [0.25, 0.3) is 0 Å². The maximum Gasteiger partial charge on any atom is 0.193 e. The summed E-state index contributed by atoms with van der Waals surface area (Å²) in [5.74, 6) is 1.64. The first-order chi connectivity index (χ1) is 11.2. The molecule has 0 fully saturated rings. The van der Waals surface area contributed by atoms with Crippen LogP contribution >= 0.6 is 0 Å². The molecule has 0 saturated heterocycles. The Hall–Kier alpha value is -2.95. The van der Waals surface area contributed by atoms with Crippen molar-refractivity contribution in [3.05, 3.63) is 60.2 Å². The number of methoxy groups -OCH3 is 2. The number of nitrogens with two attached hydrogens (primary N) is 1. The first-order valence-electron chi connectivity index (χ1n) is 7.23. The first-order valence-corrected chi connectivity index (χ1v) is 7.23. The van der Waals surface area contributed by atoms with Gasteiger partial charge in [0, 0.05) is 11.8 Å². The predicted octanol–water partition coefficient (Wildman–Crippen LogP) is 3.14. The van der Waals surface area contributed by atoms with Gasteiger partial charge in [-0.15, -0.1) is 0 Å². The predicted molar refractivity (Wildman–Crippen MR) is 95.1 cm³/mol. The molecule has 2 aromatic carbocycles. The van der Waals surface area contributed by atoms with Crippen LogP contribution in [0.3, 0.4) is 0 Å². The Morgan fingerprint density at radius 3 is 2.52 bits per heavy atom. The Bertz CT molecular complexity index is 682. The van der Waals surface area contributed by atoms with Crippen molar-refractivity contribution in [2.45, 2.75) is 0 Å². The van der Waals surface area contributed by atoms with Gasteiger partial charge in [0.1, 0.15) is 0 Å². The van der Waals surface area contributed by atoms with Gasteiger partial charge in [-0.1, -0.05) is 42.5 Å². The number of hydrogen-bond acceptors (Lipinski definition) is 3. The molecule has 2 rings (SSSR count). The standard InChI is InChI=1S/C18H21N3O2/c1-22-16-11-10-15(13-17(16)23-2)21-18(19)20-12-6-9-14-7-4-3-5-8-14/h3-11,13H,12H2,1-2H3,(H3,19,20,21). The second-order valence-corrected chi connectivity index (χ2v) is 4.73. The second-order valence-electron chi connectivity index (χ2n) is 4.73. The van der Waals surface area contributed by atoms with E-state index in [9.17, 15) is 0 Å². The van der Waals surface area contributed by atoms with Crippen LogP contribution in [-0.2, 0) is 0 Å². The van der Waals surface area contributed by atoms with Crippen LogP contribution in [0.2, 0.25) is 0 Å². The topological polar surface area (TPSA) is 68.9 Å². The highest BCUT2D eigenvalue weighted by Crippen LogP contribution is 2.29. The zero-order chi connectivity index (χ0) is 16.5. The quantitative estimate of drug-likeness (QED) is 0.635. The lowest BCUT2D eigenvalue weighted by molar-refractivity contribution is 0.355. The molecule has 0 aliphatic carbocycles. The molecule has 0 amide bonds. The molecule has 5 heteroatoms. The molecule has 0 saturated carbocycles. The van der Waals surface area contributed by atoms with Gasteiger partial charge < -0.3 is 20.5 Å². The average molecular weight is 311 g/mol. The van der Waals surface area contributed by atoms with Gasteiger partial charge in [-0.2, -0.15) is 0 Å². The summed E-state index contributed by atoms with van der Waals surface area (Å²) in [4.78, 5) is 4.26. The minimum atomic E-state index is 0.343. The molecule has 23 heavy (non-hydrogen) atoms. The summed E-state index contributed by atoms with van der Waals surface area (Å²) in [5.41, 5.74) is 7.80. The molecular weight excluding hydrogens is 290 g/mol. The number of anilines is 1. The molecule has 3 N–H and O–H groups in total. The summed E-state index contributed by atoms with van der Waals surface area (Å²) in [6.45, 7) is 0.501. The fourth-order valence-corrected chi connectivity index (χ4v) is 2.01. The number of benzene rings is 2. The third-order valence-electron chi connectivity index (χ3n) is 3.13. The van der Waals surface area contributed by atoms with Gasteiger partial charge in [0.05, 0.1) is 20.8 Å². The van der Waals surface area contributed by atoms with Gasteiger partial charge in [-0.05, 0) is 17.7 Å². The fraction of sp³-hybridized carbons (Fsp3) is 0.167. The van der Waals surface area contributed by atoms with Crippen molar-refractivity contribution in [2.75, 3.05) is 26.1 Å². The molecule has 0 aromatic heterocycles. The van der Waals surface area contributed by atoms with E-state index in [1.165, 1.54) is 0 Å². The zero-order valence-corrected chi connectivity index (χ0v) is 13.3. The molecule has 0 atom stereocenters. The van der Waals surface area contributed by atoms with Crippen LogP contribution in [0.1, 0.15) is 5.56 Å². The molecule has 0 heterocycles. The minimum absolute atomic E-state index is 0.343. The van der Waals surface area contributed by atoms with Crippen LogP contribution in [0.4, 0.5) is 5.69 Å². The van der Waals surface area contributed by atoms with Crippen LogP contribution in [0.5, 0.6) is 11.5 Å². The molecule has 0 spiro atoms. The van der Waals surface area contributed by atoms with Gasteiger partial charge in [-0.3, -0.25) is 0 Å². The zero-order valence-electron chi connectivity index (χ0n) is 13.3. The van der Waals surface area contributed by atoms with Crippen LogP contribution in [0, 0.1) is 0 Å². The van der Waals surface area contributed by atoms with Crippen molar-refractivity contribution in [1.29, 1.82) is 0 Å². The molecule has 0 unspecified atom stereocenters. The summed E-state index contributed by atoms with van der Waals surface area (Å²) >= 11 is 0. The van der Waals surface area contributed by atoms with Crippen molar-refractivity contribution in [2.24, 2.45) is 10.7 Å². The largest absolute Gasteiger partial charge is 0.493 e. The van der Waals surface area contributed by atoms with Crippen molar-refractivity contribution in [3.63, 3.8) is 0 Å². The van der Waals surface area contributed by atoms with E-state index in [1.54, 1.807) is 20.3 Å². The third-order valence-corrected chi connectivity index (χ3v) is 3.13. The van der Waals surface area contributed by atoms with Crippen molar-refractivity contribution in [3.8, 4) is 11.5 Å². The summed E-state index contributed by atoms with van der Waals surface area (Å²) in [7, 11) is 3.19. The number of rotatable bonds is 6. The number of ether oxygens (including phenoxy) is 2. The maximum absolute atomic E-state index is 5.88. The Morgan fingerprint density at radius 1 is 1.09 bits per heavy atom. The third kappa shape index (κ3) is 5.07. The lowest BCUT2D eigenvalue weighted by atomic mass is 10.2. The number of aliphatic imine (C=N–C) groups is 1. The number of hydrogen-bond donors (Lipinski definition) is 2. The van der Waals surface area contributed by atoms with Crippen molar-refractivity contribution < 1.29 is 9.47 Å². The lowest BCUT2D eigenvalue weighted by Gasteiger charge is -2.10. The molecule has 5 nitrogen and oxygen atoms in total. The number of nitrogens with one attached hydrogen (secondary N) is 1. The molecule has 0 bridgehead atoms. The van der Waals surface area contributed by atoms with Crippen molar-refractivity contribution >= 4 is 17.7 Å². The van der Waals surface area contributed by atoms with Gasteiger partial charge in [0.15, 0.2) is 17.5 Å². The van der Waals surface area contributed by atoms with Gasteiger partial charge >= 0.3 is 0 Å². The molecule has 0 aliphatic heterocycles. The van der Waals surface area contributed by atoms with E-state index in [4.69, 9.17) is 15.2 Å². The Morgan fingerprint density at radius 2 is 1.83 bits per heavy atom. The second kappa shape index (κ2) is 8.48. The summed E-state index contributed by atoms with van der Waals surface area (Å²) in [6.07, 6.45) is 3.96. The van der Waals surface area contributed by atoms with E-state index in [2.05, 4.69) is 10.3 Å². The van der Waals surface area contributed by atoms with Crippen LogP contribution in [0.15, 0.2) is 59.6 Å². The Kier molecular flexibility index (Phi) is 6.06. The van der Waals surface area contributed by atoms with E-state index < -0.39 is 0 Å². The molecule has 2 aromatic rings.